The predicted octanol–water partition coefficient (Wildman–Crippen LogP) is -0.339. The van der Waals surface area contributed by atoms with Gasteiger partial charge < -0.3 is 14.4 Å². The molecule has 0 radical (unpaired) electrons. The molecule has 0 atom stereocenters. The summed E-state index contributed by atoms with van der Waals surface area (Å²) in [6.07, 6.45) is 0. The van der Waals surface area contributed by atoms with Gasteiger partial charge in [0.2, 0.25) is 10.0 Å². The molecule has 21 heavy (non-hydrogen) atoms. The number of benzene rings is 1. The first-order valence-electron chi connectivity index (χ1n) is 7.29. The molecule has 1 aromatic carbocycles. The fourth-order valence-corrected chi connectivity index (χ4v) is 3.29. The van der Waals surface area contributed by atoms with E-state index < -0.39 is 10.0 Å². The highest BCUT2D eigenvalue weighted by atomic mass is 32.2. The first-order chi connectivity index (χ1) is 10.1. The van der Waals surface area contributed by atoms with Crippen molar-refractivity contribution in [1.82, 2.24) is 4.72 Å². The normalized spacial score (nSPS) is 14.4. The number of likely N-dealkylation sites (N-methyl/N-ethyl adjacent to an activating group) is 1. The number of rotatable bonds is 7. The van der Waals surface area contributed by atoms with E-state index in [1.165, 1.54) is 11.0 Å². The Labute approximate surface area is 126 Å². The second-order valence-electron chi connectivity index (χ2n) is 4.91. The van der Waals surface area contributed by atoms with Crippen LogP contribution in [0, 0.1) is 0 Å². The molecule has 0 bridgehead atoms. The Balaban J connectivity index is 2.02. The van der Waals surface area contributed by atoms with Crippen LogP contribution in [-0.2, 0) is 10.0 Å². The van der Waals surface area contributed by atoms with Crippen molar-refractivity contribution >= 4 is 10.0 Å². The lowest BCUT2D eigenvalue weighted by atomic mass is 10.3. The first-order valence-corrected chi connectivity index (χ1v) is 8.78. The summed E-state index contributed by atoms with van der Waals surface area (Å²) in [6.45, 7) is 8.29. The van der Waals surface area contributed by atoms with E-state index in [-0.39, 0.29) is 4.90 Å². The zero-order chi connectivity index (χ0) is 15.3. The van der Waals surface area contributed by atoms with Gasteiger partial charge in [-0.1, -0.05) is 0 Å². The number of nitrogens with one attached hydrogen (secondary N) is 2. The molecule has 0 fully saturated rings. The zero-order valence-electron chi connectivity index (χ0n) is 12.5. The van der Waals surface area contributed by atoms with Gasteiger partial charge in [-0.25, -0.2) is 13.1 Å². The summed E-state index contributed by atoms with van der Waals surface area (Å²) in [5.74, 6) is 1.08. The molecule has 2 N–H and O–H groups in total. The molecule has 1 aliphatic heterocycles. The smallest absolute Gasteiger partial charge is 0.240 e. The molecule has 0 unspecified atom stereocenters. The molecule has 118 valence electrons. The fraction of sp³-hybridized carbons (Fsp3) is 0.571. The van der Waals surface area contributed by atoms with Gasteiger partial charge in [0.05, 0.1) is 31.1 Å². The van der Waals surface area contributed by atoms with Crippen LogP contribution in [0.15, 0.2) is 23.1 Å². The van der Waals surface area contributed by atoms with E-state index in [1.807, 2.05) is 0 Å². The number of fused-ring (bicyclic) bond motifs is 1. The van der Waals surface area contributed by atoms with Gasteiger partial charge in [0.25, 0.3) is 0 Å². The number of hydrogen-bond donors (Lipinski definition) is 2. The molecule has 6 nitrogen and oxygen atoms in total. The zero-order valence-corrected chi connectivity index (χ0v) is 13.3. The topological polar surface area (TPSA) is 69.1 Å². The Hall–Kier alpha value is -1.31. The van der Waals surface area contributed by atoms with Crippen LogP contribution in [0.1, 0.15) is 13.8 Å². The van der Waals surface area contributed by atoms with Gasteiger partial charge in [-0.15, -0.1) is 0 Å². The summed E-state index contributed by atoms with van der Waals surface area (Å²) in [5, 5.41) is 0. The lowest BCUT2D eigenvalue weighted by molar-refractivity contribution is -0.895. The largest absolute Gasteiger partial charge is 0.486 e. The SMILES string of the molecule is CC[NH+](CC)CCNS(=O)(=O)c1ccc2c(c1)OCCO2. The second kappa shape index (κ2) is 7.11. The third kappa shape index (κ3) is 4.09. The molecule has 0 aliphatic carbocycles. The molecular formula is C14H23N2O4S+. The van der Waals surface area contributed by atoms with Crippen molar-refractivity contribution in [3.05, 3.63) is 18.2 Å². The molecule has 0 spiro atoms. The van der Waals surface area contributed by atoms with Crippen molar-refractivity contribution < 1.29 is 22.8 Å². The van der Waals surface area contributed by atoms with Gasteiger partial charge in [0, 0.05) is 6.07 Å². The monoisotopic (exact) mass is 315 g/mol. The van der Waals surface area contributed by atoms with Crippen molar-refractivity contribution in [3.63, 3.8) is 0 Å². The minimum atomic E-state index is -3.50. The molecule has 1 heterocycles. The second-order valence-corrected chi connectivity index (χ2v) is 6.68. The van der Waals surface area contributed by atoms with Crippen LogP contribution < -0.4 is 19.1 Å². The molecular weight excluding hydrogens is 292 g/mol. The van der Waals surface area contributed by atoms with Crippen LogP contribution in [-0.4, -0.2) is 47.8 Å². The van der Waals surface area contributed by atoms with Crippen LogP contribution in [0.5, 0.6) is 11.5 Å². The molecule has 1 aliphatic rings. The summed E-state index contributed by atoms with van der Waals surface area (Å²) >= 11 is 0. The summed E-state index contributed by atoms with van der Waals surface area (Å²) in [6, 6.07) is 4.69. The third-order valence-electron chi connectivity index (χ3n) is 3.59. The first kappa shape index (κ1) is 16.1. The highest BCUT2D eigenvalue weighted by Crippen LogP contribution is 2.31. The van der Waals surface area contributed by atoms with Crippen molar-refractivity contribution in [3.8, 4) is 11.5 Å². The quantitative estimate of drug-likeness (QED) is 0.722. The van der Waals surface area contributed by atoms with Crippen LogP contribution in [0.25, 0.3) is 0 Å². The number of hydrogen-bond acceptors (Lipinski definition) is 4. The molecule has 2 rings (SSSR count). The van der Waals surface area contributed by atoms with Gasteiger partial charge in [-0.05, 0) is 26.0 Å². The van der Waals surface area contributed by atoms with E-state index in [1.54, 1.807) is 12.1 Å². The Morgan fingerprint density at radius 3 is 2.48 bits per heavy atom. The minimum Gasteiger partial charge on any atom is -0.486 e. The summed E-state index contributed by atoms with van der Waals surface area (Å²) in [7, 11) is -3.50. The van der Waals surface area contributed by atoms with Crippen LogP contribution in [0.4, 0.5) is 0 Å². The van der Waals surface area contributed by atoms with Gasteiger partial charge in [0.15, 0.2) is 11.5 Å². The average molecular weight is 315 g/mol. The fourth-order valence-electron chi connectivity index (χ4n) is 2.24. The number of ether oxygens (including phenoxy) is 2. The lowest BCUT2D eigenvalue weighted by Crippen LogP contribution is -3.12. The van der Waals surface area contributed by atoms with Crippen LogP contribution in [0.2, 0.25) is 0 Å². The van der Waals surface area contributed by atoms with Gasteiger partial charge in [-0.2, -0.15) is 0 Å². The Morgan fingerprint density at radius 2 is 1.81 bits per heavy atom. The summed E-state index contributed by atoms with van der Waals surface area (Å²) in [5.41, 5.74) is 0. The summed E-state index contributed by atoms with van der Waals surface area (Å²) in [4.78, 5) is 1.57. The maximum Gasteiger partial charge on any atom is 0.240 e. The Kier molecular flexibility index (Phi) is 5.44. The van der Waals surface area contributed by atoms with Gasteiger partial charge in [0.1, 0.15) is 13.2 Å². The van der Waals surface area contributed by atoms with Crippen molar-refractivity contribution in [2.45, 2.75) is 18.7 Å². The Bertz CT molecular complexity index is 570. The molecule has 1 aromatic rings. The standard InChI is InChI=1S/C14H22N2O4S/c1-3-16(4-2)8-7-15-21(17,18)12-5-6-13-14(11-12)20-10-9-19-13/h5-6,11,15H,3-4,7-10H2,1-2H3/p+1. The van der Waals surface area contributed by atoms with E-state index in [4.69, 9.17) is 9.47 Å². The molecule has 0 saturated heterocycles. The predicted molar refractivity (Wildman–Crippen MR) is 79.5 cm³/mol. The van der Waals surface area contributed by atoms with Crippen LogP contribution in [0.3, 0.4) is 0 Å². The maximum atomic E-state index is 12.3. The summed E-state index contributed by atoms with van der Waals surface area (Å²) < 4.78 is 38.0. The minimum absolute atomic E-state index is 0.210. The number of quaternary nitrogens is 1. The van der Waals surface area contributed by atoms with E-state index >= 15 is 0 Å². The molecule has 0 saturated carbocycles. The van der Waals surface area contributed by atoms with Crippen molar-refractivity contribution in [2.24, 2.45) is 0 Å². The maximum absolute atomic E-state index is 12.3. The molecule has 0 amide bonds. The third-order valence-corrected chi connectivity index (χ3v) is 5.05. The lowest BCUT2D eigenvalue weighted by Gasteiger charge is -2.19. The molecule has 0 aromatic heterocycles. The van der Waals surface area contributed by atoms with E-state index in [0.717, 1.165) is 19.6 Å². The van der Waals surface area contributed by atoms with E-state index in [0.29, 0.717) is 31.3 Å². The Morgan fingerprint density at radius 1 is 1.14 bits per heavy atom. The van der Waals surface area contributed by atoms with E-state index in [9.17, 15) is 8.42 Å². The van der Waals surface area contributed by atoms with E-state index in [2.05, 4.69) is 18.6 Å². The number of sulfonamides is 1. The molecule has 7 heteroatoms. The van der Waals surface area contributed by atoms with Gasteiger partial charge in [-0.3, -0.25) is 0 Å². The van der Waals surface area contributed by atoms with Crippen LogP contribution >= 0.6 is 0 Å². The highest BCUT2D eigenvalue weighted by Gasteiger charge is 2.19. The highest BCUT2D eigenvalue weighted by molar-refractivity contribution is 7.89. The van der Waals surface area contributed by atoms with Crippen molar-refractivity contribution in [1.29, 1.82) is 0 Å². The van der Waals surface area contributed by atoms with Gasteiger partial charge >= 0.3 is 0 Å². The average Bonchev–Trinajstić information content (AvgIpc) is 2.51. The van der Waals surface area contributed by atoms with Crippen molar-refractivity contribution in [2.75, 3.05) is 39.4 Å².